The van der Waals surface area contributed by atoms with Crippen molar-refractivity contribution in [3.8, 4) is 0 Å². The van der Waals surface area contributed by atoms with Gasteiger partial charge in [-0.3, -0.25) is 4.68 Å². The molecule has 0 bridgehead atoms. The topological polar surface area (TPSA) is 39.1 Å². The molecule has 6 heteroatoms. The fraction of sp³-hybridized carbons (Fsp3) is 0.786. The minimum Gasteiger partial charge on any atom is -0.383 e. The molecule has 0 radical (unpaired) electrons. The Bertz CT molecular complexity index is 407. The lowest BCUT2D eigenvalue weighted by atomic mass is 9.96. The number of ether oxygens (including phenoxy) is 1. The summed E-state index contributed by atoms with van der Waals surface area (Å²) >= 11 is 8.44. The van der Waals surface area contributed by atoms with Crippen molar-refractivity contribution < 1.29 is 4.74 Å². The number of hydrogen-bond donors (Lipinski definition) is 1. The smallest absolute Gasteiger partial charge is 0.0834 e. The van der Waals surface area contributed by atoms with E-state index in [4.69, 9.17) is 16.3 Å². The van der Waals surface area contributed by atoms with Crippen molar-refractivity contribution in [2.24, 2.45) is 5.92 Å². The van der Waals surface area contributed by atoms with Crippen LogP contribution in [-0.4, -0.2) is 41.5 Å². The molecule has 0 saturated carbocycles. The average molecular weight is 318 g/mol. The fourth-order valence-electron chi connectivity index (χ4n) is 2.64. The van der Waals surface area contributed by atoms with Gasteiger partial charge in [0, 0.05) is 7.11 Å². The van der Waals surface area contributed by atoms with Crippen molar-refractivity contribution in [3.63, 3.8) is 0 Å². The van der Waals surface area contributed by atoms with E-state index in [0.29, 0.717) is 18.6 Å². The first-order valence-electron chi connectivity index (χ1n) is 7.29. The summed E-state index contributed by atoms with van der Waals surface area (Å²) in [6, 6.07) is 0.303. The average Bonchev–Trinajstić information content (AvgIpc) is 3.09. The molecule has 20 heavy (non-hydrogen) atoms. The number of methoxy groups -OCH3 is 1. The third kappa shape index (κ3) is 3.91. The van der Waals surface area contributed by atoms with Gasteiger partial charge in [-0.1, -0.05) is 18.5 Å². The minimum absolute atomic E-state index is 0.303. The largest absolute Gasteiger partial charge is 0.383 e. The molecule has 0 aliphatic carbocycles. The van der Waals surface area contributed by atoms with Crippen LogP contribution in [0.3, 0.4) is 0 Å². The van der Waals surface area contributed by atoms with Crippen molar-refractivity contribution in [2.75, 3.05) is 31.8 Å². The van der Waals surface area contributed by atoms with Gasteiger partial charge in [-0.15, -0.1) is 0 Å². The first-order valence-corrected chi connectivity index (χ1v) is 8.82. The van der Waals surface area contributed by atoms with E-state index in [0.717, 1.165) is 30.2 Å². The molecule has 0 amide bonds. The Morgan fingerprint density at radius 1 is 1.65 bits per heavy atom. The molecule has 0 aromatic carbocycles. The number of rotatable bonds is 8. The first kappa shape index (κ1) is 16.1. The van der Waals surface area contributed by atoms with Crippen molar-refractivity contribution in [3.05, 3.63) is 16.9 Å². The molecule has 1 aromatic heterocycles. The maximum absolute atomic E-state index is 6.41. The van der Waals surface area contributed by atoms with Gasteiger partial charge >= 0.3 is 0 Å². The number of hydrogen-bond acceptors (Lipinski definition) is 4. The summed E-state index contributed by atoms with van der Waals surface area (Å²) in [5.74, 6) is 3.09. The first-order chi connectivity index (χ1) is 9.77. The molecular weight excluding hydrogens is 294 g/mol. The van der Waals surface area contributed by atoms with Crippen LogP contribution in [0.2, 0.25) is 5.02 Å². The summed E-state index contributed by atoms with van der Waals surface area (Å²) < 4.78 is 7.17. The van der Waals surface area contributed by atoms with E-state index in [-0.39, 0.29) is 0 Å². The van der Waals surface area contributed by atoms with E-state index in [1.54, 1.807) is 13.3 Å². The van der Waals surface area contributed by atoms with Gasteiger partial charge in [0.15, 0.2) is 0 Å². The lowest BCUT2D eigenvalue weighted by molar-refractivity contribution is 0.180. The van der Waals surface area contributed by atoms with Crippen LogP contribution in [0.25, 0.3) is 0 Å². The molecule has 114 valence electrons. The van der Waals surface area contributed by atoms with E-state index in [9.17, 15) is 0 Å². The maximum Gasteiger partial charge on any atom is 0.0834 e. The van der Waals surface area contributed by atoms with Crippen molar-refractivity contribution in [1.29, 1.82) is 0 Å². The quantitative estimate of drug-likeness (QED) is 0.800. The molecule has 2 heterocycles. The summed E-state index contributed by atoms with van der Waals surface area (Å²) in [7, 11) is 1.71. The van der Waals surface area contributed by atoms with E-state index in [1.165, 1.54) is 17.9 Å². The van der Waals surface area contributed by atoms with E-state index in [2.05, 4.69) is 17.3 Å². The second-order valence-corrected chi connectivity index (χ2v) is 6.71. The predicted octanol–water partition coefficient (Wildman–Crippen LogP) is 2.98. The van der Waals surface area contributed by atoms with E-state index >= 15 is 0 Å². The minimum atomic E-state index is 0.303. The molecule has 1 aromatic rings. The van der Waals surface area contributed by atoms with Crippen molar-refractivity contribution >= 4 is 23.4 Å². The summed E-state index contributed by atoms with van der Waals surface area (Å²) in [5.41, 5.74) is 1.13. The van der Waals surface area contributed by atoms with Gasteiger partial charge in [-0.25, -0.2) is 0 Å². The molecule has 1 aliphatic rings. The SMILES string of the molecule is CCCNC(c1c(Cl)cnn1CCOC)C1CCSC1. The molecule has 1 N–H and O–H groups in total. The Hall–Kier alpha value is -0.230. The number of aromatic nitrogens is 2. The molecule has 1 fully saturated rings. The van der Waals surface area contributed by atoms with Crippen LogP contribution in [0.15, 0.2) is 6.20 Å². The zero-order chi connectivity index (χ0) is 14.4. The summed E-state index contributed by atoms with van der Waals surface area (Å²) in [6.45, 7) is 4.61. The molecule has 4 nitrogen and oxygen atoms in total. The highest BCUT2D eigenvalue weighted by atomic mass is 35.5. The lowest BCUT2D eigenvalue weighted by Crippen LogP contribution is -2.31. The van der Waals surface area contributed by atoms with Gasteiger partial charge in [0.1, 0.15) is 0 Å². The Labute approximate surface area is 130 Å². The Kier molecular flexibility index (Phi) is 6.68. The number of nitrogens with one attached hydrogen (secondary N) is 1. The summed E-state index contributed by atoms with van der Waals surface area (Å²) in [4.78, 5) is 0. The lowest BCUT2D eigenvalue weighted by Gasteiger charge is -2.25. The highest BCUT2D eigenvalue weighted by molar-refractivity contribution is 7.99. The molecule has 2 unspecified atom stereocenters. The number of nitrogens with zero attached hydrogens (tertiary/aromatic N) is 2. The Morgan fingerprint density at radius 3 is 3.15 bits per heavy atom. The molecule has 1 aliphatic heterocycles. The maximum atomic E-state index is 6.41. The van der Waals surface area contributed by atoms with Gasteiger partial charge in [-0.2, -0.15) is 16.9 Å². The zero-order valence-corrected chi connectivity index (χ0v) is 13.8. The number of halogens is 1. The standard InChI is InChI=1S/C14H24ClN3OS/c1-3-5-16-13(11-4-8-20-10-11)14-12(15)9-17-18(14)6-7-19-2/h9,11,13,16H,3-8,10H2,1-2H3. The third-order valence-electron chi connectivity index (χ3n) is 3.69. The molecule has 2 rings (SSSR count). The molecule has 0 spiro atoms. The summed E-state index contributed by atoms with van der Waals surface area (Å²) in [6.07, 6.45) is 4.13. The highest BCUT2D eigenvalue weighted by Crippen LogP contribution is 2.36. The third-order valence-corrected chi connectivity index (χ3v) is 5.17. The Morgan fingerprint density at radius 2 is 2.50 bits per heavy atom. The molecule has 1 saturated heterocycles. The second kappa shape index (κ2) is 8.27. The van der Waals surface area contributed by atoms with E-state index < -0.39 is 0 Å². The van der Waals surface area contributed by atoms with Gasteiger partial charge in [0.05, 0.1) is 36.1 Å². The van der Waals surface area contributed by atoms with Crippen molar-refractivity contribution in [2.45, 2.75) is 32.4 Å². The van der Waals surface area contributed by atoms with Gasteiger partial charge in [0.25, 0.3) is 0 Å². The van der Waals surface area contributed by atoms with Crippen LogP contribution in [0.4, 0.5) is 0 Å². The fourth-order valence-corrected chi connectivity index (χ4v) is 4.20. The van der Waals surface area contributed by atoms with Gasteiger partial charge in [0.2, 0.25) is 0 Å². The van der Waals surface area contributed by atoms with Crippen molar-refractivity contribution in [1.82, 2.24) is 15.1 Å². The molecule has 2 atom stereocenters. The van der Waals surface area contributed by atoms with Crippen LogP contribution >= 0.6 is 23.4 Å². The van der Waals surface area contributed by atoms with Crippen LogP contribution < -0.4 is 5.32 Å². The van der Waals surface area contributed by atoms with Gasteiger partial charge in [-0.05, 0) is 36.8 Å². The Balaban J connectivity index is 2.19. The second-order valence-electron chi connectivity index (χ2n) is 5.15. The van der Waals surface area contributed by atoms with E-state index in [1.807, 2.05) is 16.4 Å². The van der Waals surface area contributed by atoms with Gasteiger partial charge < -0.3 is 10.1 Å². The monoisotopic (exact) mass is 317 g/mol. The molecular formula is C14H24ClN3OS. The summed E-state index contributed by atoms with van der Waals surface area (Å²) in [5, 5.41) is 8.85. The normalized spacial score (nSPS) is 20.4. The van der Waals surface area contributed by atoms with Crippen LogP contribution in [0.5, 0.6) is 0 Å². The van der Waals surface area contributed by atoms with Crippen LogP contribution in [0, 0.1) is 5.92 Å². The highest BCUT2D eigenvalue weighted by Gasteiger charge is 2.30. The predicted molar refractivity (Wildman–Crippen MR) is 85.6 cm³/mol. The number of thioether (sulfide) groups is 1. The van der Waals surface area contributed by atoms with Crippen LogP contribution in [0.1, 0.15) is 31.5 Å². The zero-order valence-electron chi connectivity index (χ0n) is 12.3. The van der Waals surface area contributed by atoms with Crippen LogP contribution in [-0.2, 0) is 11.3 Å².